The van der Waals surface area contributed by atoms with Crippen molar-refractivity contribution in [2.24, 2.45) is 5.41 Å². The SMILES string of the molecule is C=C/C(=C\C=C/C)COCC(NC(=O)OC(C)(C)C)C(=O)OCC(C)(C)CC(C)(C)OC(=O)C(COCc1ccccc1)NC(=O)OC(C)(C)C. The van der Waals surface area contributed by atoms with E-state index in [1.54, 1.807) is 61.5 Å². The monoisotopic (exact) mass is 716 g/mol. The summed E-state index contributed by atoms with van der Waals surface area (Å²) in [5.74, 6) is -1.44. The fourth-order valence-corrected chi connectivity index (χ4v) is 4.75. The molecule has 0 saturated heterocycles. The van der Waals surface area contributed by atoms with Crippen LogP contribution in [0, 0.1) is 5.41 Å². The maximum absolute atomic E-state index is 13.4. The average Bonchev–Trinajstić information content (AvgIpc) is 2.98. The second kappa shape index (κ2) is 20.6. The van der Waals surface area contributed by atoms with Crippen molar-refractivity contribution in [3.8, 4) is 0 Å². The van der Waals surface area contributed by atoms with E-state index < -0.39 is 58.4 Å². The molecule has 1 aromatic rings. The predicted octanol–water partition coefficient (Wildman–Crippen LogP) is 6.98. The van der Waals surface area contributed by atoms with Gasteiger partial charge >= 0.3 is 24.1 Å². The zero-order valence-electron chi connectivity index (χ0n) is 32.4. The Bertz CT molecular complexity index is 1340. The second-order valence-corrected chi connectivity index (χ2v) is 15.5. The number of ether oxygens (including phenoxy) is 6. The minimum Gasteiger partial charge on any atom is -0.464 e. The van der Waals surface area contributed by atoms with E-state index in [2.05, 4.69) is 17.2 Å². The molecule has 286 valence electrons. The third kappa shape index (κ3) is 21.0. The topological polar surface area (TPSA) is 148 Å². The van der Waals surface area contributed by atoms with E-state index in [4.69, 9.17) is 28.4 Å². The van der Waals surface area contributed by atoms with E-state index in [-0.39, 0.29) is 39.5 Å². The first-order valence-corrected chi connectivity index (χ1v) is 17.1. The molecule has 0 heterocycles. The third-order valence-corrected chi connectivity index (χ3v) is 6.55. The quantitative estimate of drug-likeness (QED) is 0.0873. The lowest BCUT2D eigenvalue weighted by Crippen LogP contribution is -2.49. The van der Waals surface area contributed by atoms with Crippen LogP contribution in [0.15, 0.2) is 66.8 Å². The number of amides is 2. The molecule has 0 radical (unpaired) electrons. The lowest BCUT2D eigenvalue weighted by molar-refractivity contribution is -0.166. The Balaban J connectivity index is 2.97. The number of alkyl carbamates (subject to hydrolysis) is 2. The molecule has 2 atom stereocenters. The summed E-state index contributed by atoms with van der Waals surface area (Å²) >= 11 is 0. The van der Waals surface area contributed by atoms with Crippen LogP contribution in [-0.2, 0) is 44.6 Å². The van der Waals surface area contributed by atoms with Crippen molar-refractivity contribution in [1.29, 1.82) is 0 Å². The van der Waals surface area contributed by atoms with Gasteiger partial charge in [-0.2, -0.15) is 0 Å². The van der Waals surface area contributed by atoms with Crippen molar-refractivity contribution in [3.63, 3.8) is 0 Å². The zero-order chi connectivity index (χ0) is 38.9. The minimum absolute atomic E-state index is 0.0712. The molecule has 0 aliphatic heterocycles. The summed E-state index contributed by atoms with van der Waals surface area (Å²) in [7, 11) is 0. The molecule has 51 heavy (non-hydrogen) atoms. The number of esters is 2. The predicted molar refractivity (Wildman–Crippen MR) is 196 cm³/mol. The Hall–Kier alpha value is -4.16. The lowest BCUT2D eigenvalue weighted by Gasteiger charge is -2.35. The smallest absolute Gasteiger partial charge is 0.408 e. The minimum atomic E-state index is -1.16. The van der Waals surface area contributed by atoms with Gasteiger partial charge in [-0.3, -0.25) is 0 Å². The third-order valence-electron chi connectivity index (χ3n) is 6.55. The molecule has 2 N–H and O–H groups in total. The van der Waals surface area contributed by atoms with Crippen LogP contribution >= 0.6 is 0 Å². The van der Waals surface area contributed by atoms with Crippen molar-refractivity contribution in [3.05, 3.63) is 72.4 Å². The van der Waals surface area contributed by atoms with E-state index in [1.165, 1.54) is 0 Å². The van der Waals surface area contributed by atoms with Crippen LogP contribution in [0.4, 0.5) is 9.59 Å². The van der Waals surface area contributed by atoms with Gasteiger partial charge < -0.3 is 39.1 Å². The van der Waals surface area contributed by atoms with Crippen LogP contribution in [0.2, 0.25) is 0 Å². The molecule has 0 aliphatic carbocycles. The number of rotatable bonds is 19. The molecule has 1 aromatic carbocycles. The first-order valence-electron chi connectivity index (χ1n) is 17.1. The highest BCUT2D eigenvalue weighted by molar-refractivity contribution is 5.82. The lowest BCUT2D eigenvalue weighted by atomic mass is 9.82. The fraction of sp³-hybridized carbons (Fsp3) is 0.590. The Labute approximate surface area is 304 Å². The first kappa shape index (κ1) is 44.9. The summed E-state index contributed by atoms with van der Waals surface area (Å²) in [4.78, 5) is 51.9. The number of hydrogen-bond donors (Lipinski definition) is 2. The molecule has 0 fully saturated rings. The Morgan fingerprint density at radius 2 is 1.29 bits per heavy atom. The number of benzene rings is 1. The van der Waals surface area contributed by atoms with Gasteiger partial charge in [-0.25, -0.2) is 19.2 Å². The van der Waals surface area contributed by atoms with Gasteiger partial charge in [0, 0.05) is 5.41 Å². The maximum atomic E-state index is 13.4. The van der Waals surface area contributed by atoms with Crippen LogP contribution in [-0.4, -0.2) is 79.4 Å². The van der Waals surface area contributed by atoms with Gasteiger partial charge in [0.2, 0.25) is 0 Å². The summed E-state index contributed by atoms with van der Waals surface area (Å²) in [6.07, 6.45) is 5.84. The van der Waals surface area contributed by atoms with Crippen molar-refractivity contribution < 1.29 is 47.6 Å². The molecular formula is C39H60N2O10. The summed E-state index contributed by atoms with van der Waals surface area (Å²) in [5.41, 5.74) is -1.64. The van der Waals surface area contributed by atoms with Crippen LogP contribution in [0.3, 0.4) is 0 Å². The van der Waals surface area contributed by atoms with E-state index >= 15 is 0 Å². The number of allylic oxidation sites excluding steroid dienone is 3. The second-order valence-electron chi connectivity index (χ2n) is 15.5. The summed E-state index contributed by atoms with van der Waals surface area (Å²) in [6, 6.07) is 7.09. The van der Waals surface area contributed by atoms with E-state index in [9.17, 15) is 19.2 Å². The largest absolute Gasteiger partial charge is 0.464 e. The Kier molecular flexibility index (Phi) is 18.1. The number of carbonyl (C=O) groups excluding carboxylic acids is 4. The molecule has 2 unspecified atom stereocenters. The van der Waals surface area contributed by atoms with Crippen molar-refractivity contribution >= 4 is 24.1 Å². The van der Waals surface area contributed by atoms with Gasteiger partial charge in [-0.05, 0) is 79.9 Å². The summed E-state index contributed by atoms with van der Waals surface area (Å²) in [6.45, 7) is 23.1. The normalized spacial score (nSPS) is 13.9. The van der Waals surface area contributed by atoms with Gasteiger partial charge in [0.25, 0.3) is 0 Å². The standard InChI is InChI=1S/C39H60N2O10/c1-13-15-19-28(14-2)22-46-24-30(40-34(44)50-36(3,4)5)32(42)48-27-38(9,10)26-39(11,12)49-33(43)31(41-35(45)51-37(6,7)8)25-47-23-29-20-17-16-18-21-29/h13-21,30-31H,2,22-27H2,1,3-12H3,(H,40,44)(H,41,45)/b15-13-,28-19+. The van der Waals surface area contributed by atoms with E-state index in [0.29, 0.717) is 0 Å². The van der Waals surface area contributed by atoms with Crippen LogP contribution < -0.4 is 10.6 Å². The van der Waals surface area contributed by atoms with Crippen molar-refractivity contribution in [2.75, 3.05) is 26.4 Å². The van der Waals surface area contributed by atoms with Gasteiger partial charge in [0.05, 0.1) is 33.0 Å². The van der Waals surface area contributed by atoms with Crippen molar-refractivity contribution in [1.82, 2.24) is 10.6 Å². The highest BCUT2D eigenvalue weighted by Gasteiger charge is 2.37. The number of nitrogens with one attached hydrogen (secondary N) is 2. The maximum Gasteiger partial charge on any atom is 0.408 e. The molecule has 0 aliphatic rings. The molecule has 12 nitrogen and oxygen atoms in total. The molecule has 12 heteroatoms. The molecular weight excluding hydrogens is 656 g/mol. The van der Waals surface area contributed by atoms with E-state index in [0.717, 1.165) is 11.1 Å². The molecule has 0 bridgehead atoms. The highest BCUT2D eigenvalue weighted by atomic mass is 16.6. The Morgan fingerprint density at radius 1 is 0.765 bits per heavy atom. The number of hydrogen-bond acceptors (Lipinski definition) is 10. The fourth-order valence-electron chi connectivity index (χ4n) is 4.75. The molecule has 0 saturated carbocycles. The van der Waals surface area contributed by atoms with Gasteiger partial charge in [-0.15, -0.1) is 0 Å². The summed E-state index contributed by atoms with van der Waals surface area (Å²) < 4.78 is 33.8. The van der Waals surface area contributed by atoms with E-state index in [1.807, 2.05) is 69.3 Å². The van der Waals surface area contributed by atoms with Crippen LogP contribution in [0.1, 0.15) is 88.1 Å². The number of carbonyl (C=O) groups is 4. The van der Waals surface area contributed by atoms with Gasteiger partial charge in [-0.1, -0.05) is 75.1 Å². The van der Waals surface area contributed by atoms with Gasteiger partial charge in [0.15, 0.2) is 12.1 Å². The highest BCUT2D eigenvalue weighted by Crippen LogP contribution is 2.31. The van der Waals surface area contributed by atoms with Gasteiger partial charge in [0.1, 0.15) is 16.8 Å². The molecule has 0 aromatic heterocycles. The average molecular weight is 717 g/mol. The van der Waals surface area contributed by atoms with Crippen LogP contribution in [0.5, 0.6) is 0 Å². The van der Waals surface area contributed by atoms with Crippen molar-refractivity contribution in [2.45, 2.75) is 118 Å². The van der Waals surface area contributed by atoms with Crippen LogP contribution in [0.25, 0.3) is 0 Å². The molecule has 2 amide bonds. The Morgan fingerprint density at radius 3 is 1.80 bits per heavy atom. The first-order chi connectivity index (χ1) is 23.5. The zero-order valence-corrected chi connectivity index (χ0v) is 32.4. The molecule has 0 spiro atoms. The molecule has 1 rings (SSSR count). The summed E-state index contributed by atoms with van der Waals surface area (Å²) in [5, 5.41) is 5.11.